The van der Waals surface area contributed by atoms with Crippen LogP contribution in [0.2, 0.25) is 0 Å². The minimum atomic E-state index is -0.896. The maximum absolute atomic E-state index is 13.5. The van der Waals surface area contributed by atoms with E-state index < -0.39 is 35.6 Å². The largest absolute Gasteiger partial charge is 0.325 e. The molecule has 2 aromatic rings. The first-order chi connectivity index (χ1) is 11.7. The van der Waals surface area contributed by atoms with Crippen LogP contribution in [0.4, 0.5) is 20.2 Å². The molecule has 25 heavy (non-hydrogen) atoms. The van der Waals surface area contributed by atoms with Gasteiger partial charge in [0, 0.05) is 5.69 Å². The van der Waals surface area contributed by atoms with E-state index in [-0.39, 0.29) is 5.41 Å². The zero-order valence-electron chi connectivity index (χ0n) is 14.3. The average molecular weight is 346 g/mol. The van der Waals surface area contributed by atoms with Crippen molar-refractivity contribution in [3.05, 3.63) is 59.7 Å². The number of nitrogens with one attached hydrogen (secondary N) is 2. The summed E-state index contributed by atoms with van der Waals surface area (Å²) in [4.78, 5) is 24.0. The van der Waals surface area contributed by atoms with E-state index in [1.54, 1.807) is 12.1 Å². The Morgan fingerprint density at radius 1 is 0.880 bits per heavy atom. The van der Waals surface area contributed by atoms with E-state index in [2.05, 4.69) is 10.6 Å². The molecule has 0 fully saturated rings. The Balaban J connectivity index is 2.05. The zero-order chi connectivity index (χ0) is 18.6. The summed E-state index contributed by atoms with van der Waals surface area (Å²) in [6, 6.07) is 10.5. The van der Waals surface area contributed by atoms with Gasteiger partial charge in [-0.1, -0.05) is 45.0 Å². The summed E-state index contributed by atoms with van der Waals surface area (Å²) < 4.78 is 27.0. The van der Waals surface area contributed by atoms with Gasteiger partial charge in [0.2, 0.25) is 11.8 Å². The molecule has 0 aliphatic heterocycles. The smallest absolute Gasteiger partial charge is 0.233 e. The molecule has 6 heteroatoms. The predicted molar refractivity (Wildman–Crippen MR) is 93.4 cm³/mol. The van der Waals surface area contributed by atoms with Crippen molar-refractivity contribution >= 4 is 23.2 Å². The molecule has 0 aromatic heterocycles. The van der Waals surface area contributed by atoms with Crippen molar-refractivity contribution in [1.82, 2.24) is 0 Å². The van der Waals surface area contributed by atoms with Crippen LogP contribution in [-0.4, -0.2) is 11.8 Å². The highest BCUT2D eigenvalue weighted by molar-refractivity contribution is 6.08. The van der Waals surface area contributed by atoms with Gasteiger partial charge < -0.3 is 10.6 Å². The number of carbonyl (C=O) groups is 2. The normalized spacial score (nSPS) is 11.1. The van der Waals surface area contributed by atoms with Crippen LogP contribution < -0.4 is 10.6 Å². The van der Waals surface area contributed by atoms with Crippen LogP contribution in [-0.2, 0) is 15.0 Å². The van der Waals surface area contributed by atoms with Gasteiger partial charge in [0.1, 0.15) is 23.7 Å². The lowest BCUT2D eigenvalue weighted by molar-refractivity contribution is -0.123. The van der Waals surface area contributed by atoms with Gasteiger partial charge in [-0.05, 0) is 29.2 Å². The standard InChI is InChI=1S/C19H20F2N2O2/c1-19(2,3)12-7-4-5-10-15(12)22-16(24)11-17(25)23-18-13(20)8-6-9-14(18)21/h4-10H,11H2,1-3H3,(H,22,24)(H,23,25). The van der Waals surface area contributed by atoms with Gasteiger partial charge in [-0.2, -0.15) is 0 Å². The lowest BCUT2D eigenvalue weighted by Gasteiger charge is -2.23. The molecule has 0 radical (unpaired) electrons. The van der Waals surface area contributed by atoms with E-state index in [1.165, 1.54) is 6.07 Å². The van der Waals surface area contributed by atoms with Gasteiger partial charge in [-0.25, -0.2) is 8.78 Å². The first-order valence-electron chi connectivity index (χ1n) is 7.81. The van der Waals surface area contributed by atoms with Crippen LogP contribution >= 0.6 is 0 Å². The fraction of sp³-hybridized carbons (Fsp3) is 0.263. The number of carbonyl (C=O) groups excluding carboxylic acids is 2. The number of hydrogen-bond donors (Lipinski definition) is 2. The van der Waals surface area contributed by atoms with E-state index in [1.807, 2.05) is 32.9 Å². The topological polar surface area (TPSA) is 58.2 Å². The van der Waals surface area contributed by atoms with Crippen LogP contribution in [0, 0.1) is 11.6 Å². The van der Waals surface area contributed by atoms with Crippen molar-refractivity contribution in [2.75, 3.05) is 10.6 Å². The molecule has 2 aromatic carbocycles. The van der Waals surface area contributed by atoms with Gasteiger partial charge in [-0.15, -0.1) is 0 Å². The molecule has 0 aliphatic rings. The molecule has 4 nitrogen and oxygen atoms in total. The van der Waals surface area contributed by atoms with Gasteiger partial charge >= 0.3 is 0 Å². The Morgan fingerprint density at radius 3 is 2.04 bits per heavy atom. The van der Waals surface area contributed by atoms with Crippen molar-refractivity contribution < 1.29 is 18.4 Å². The second kappa shape index (κ2) is 7.42. The summed E-state index contributed by atoms with van der Waals surface area (Å²) in [5, 5.41) is 4.77. The van der Waals surface area contributed by atoms with Crippen molar-refractivity contribution in [3.63, 3.8) is 0 Å². The van der Waals surface area contributed by atoms with Crippen molar-refractivity contribution in [2.45, 2.75) is 32.6 Å². The van der Waals surface area contributed by atoms with E-state index in [9.17, 15) is 18.4 Å². The van der Waals surface area contributed by atoms with Crippen LogP contribution in [0.25, 0.3) is 0 Å². The number of rotatable bonds is 4. The highest BCUT2D eigenvalue weighted by atomic mass is 19.1. The summed E-state index contributed by atoms with van der Waals surface area (Å²) in [7, 11) is 0. The summed E-state index contributed by atoms with van der Waals surface area (Å²) in [5.41, 5.74) is 0.770. The molecule has 132 valence electrons. The number of halogens is 2. The molecule has 0 heterocycles. The van der Waals surface area contributed by atoms with Gasteiger partial charge in [0.05, 0.1) is 0 Å². The molecule has 2 amide bonds. The molecule has 0 spiro atoms. The molecule has 0 atom stereocenters. The van der Waals surface area contributed by atoms with Crippen molar-refractivity contribution in [1.29, 1.82) is 0 Å². The highest BCUT2D eigenvalue weighted by Crippen LogP contribution is 2.29. The summed E-state index contributed by atoms with van der Waals surface area (Å²) in [5.74, 6) is -3.15. The molecule has 0 unspecified atom stereocenters. The fourth-order valence-corrected chi connectivity index (χ4v) is 2.39. The van der Waals surface area contributed by atoms with Crippen LogP contribution in [0.15, 0.2) is 42.5 Å². The van der Waals surface area contributed by atoms with Gasteiger partial charge in [0.15, 0.2) is 0 Å². The Labute approximate surface area is 145 Å². The van der Waals surface area contributed by atoms with Crippen LogP contribution in [0.1, 0.15) is 32.8 Å². The number of amides is 2. The molecule has 2 rings (SSSR count). The van der Waals surface area contributed by atoms with Crippen molar-refractivity contribution in [2.24, 2.45) is 0 Å². The SMILES string of the molecule is CC(C)(C)c1ccccc1NC(=O)CC(=O)Nc1c(F)cccc1F. The molecule has 0 bridgehead atoms. The minimum Gasteiger partial charge on any atom is -0.325 e. The Kier molecular flexibility index (Phi) is 5.51. The molecule has 0 saturated carbocycles. The molecular weight excluding hydrogens is 326 g/mol. The maximum Gasteiger partial charge on any atom is 0.233 e. The summed E-state index contributed by atoms with van der Waals surface area (Å²) >= 11 is 0. The highest BCUT2D eigenvalue weighted by Gasteiger charge is 2.20. The van der Waals surface area contributed by atoms with E-state index in [0.717, 1.165) is 17.7 Å². The average Bonchev–Trinajstić information content (AvgIpc) is 2.50. The minimum absolute atomic E-state index is 0.192. The summed E-state index contributed by atoms with van der Waals surface area (Å²) in [6.45, 7) is 6.02. The van der Waals surface area contributed by atoms with Crippen molar-refractivity contribution in [3.8, 4) is 0 Å². The second-order valence-electron chi connectivity index (χ2n) is 6.67. The molecule has 0 aliphatic carbocycles. The third kappa shape index (κ3) is 4.86. The number of anilines is 2. The quantitative estimate of drug-likeness (QED) is 0.814. The third-order valence-electron chi connectivity index (χ3n) is 3.56. The Bertz CT molecular complexity index is 778. The second-order valence-corrected chi connectivity index (χ2v) is 6.67. The Hall–Kier alpha value is -2.76. The number of hydrogen-bond acceptors (Lipinski definition) is 2. The molecule has 2 N–H and O–H groups in total. The van der Waals surface area contributed by atoms with Crippen LogP contribution in [0.3, 0.4) is 0 Å². The zero-order valence-corrected chi connectivity index (χ0v) is 14.3. The fourth-order valence-electron chi connectivity index (χ4n) is 2.39. The first kappa shape index (κ1) is 18.6. The number of benzene rings is 2. The van der Waals surface area contributed by atoms with Gasteiger partial charge in [-0.3, -0.25) is 9.59 Å². The first-order valence-corrected chi connectivity index (χ1v) is 7.81. The van der Waals surface area contributed by atoms with E-state index in [4.69, 9.17) is 0 Å². The lowest BCUT2D eigenvalue weighted by atomic mass is 9.86. The molecular formula is C19H20F2N2O2. The summed E-state index contributed by atoms with van der Waals surface area (Å²) in [6.07, 6.45) is -0.549. The Morgan fingerprint density at radius 2 is 1.44 bits per heavy atom. The number of para-hydroxylation sites is 2. The van der Waals surface area contributed by atoms with Crippen LogP contribution in [0.5, 0.6) is 0 Å². The van der Waals surface area contributed by atoms with Gasteiger partial charge in [0.25, 0.3) is 0 Å². The van der Waals surface area contributed by atoms with E-state index >= 15 is 0 Å². The molecule has 0 saturated heterocycles. The lowest BCUT2D eigenvalue weighted by Crippen LogP contribution is -2.24. The van der Waals surface area contributed by atoms with E-state index in [0.29, 0.717) is 5.69 Å². The predicted octanol–water partition coefficient (Wildman–Crippen LogP) is 4.23. The maximum atomic E-state index is 13.5. The third-order valence-corrected chi connectivity index (χ3v) is 3.56. The monoisotopic (exact) mass is 346 g/mol.